The Hall–Kier alpha value is 0.430. The van der Waals surface area contributed by atoms with Crippen LogP contribution < -0.4 is 34.7 Å². The zero-order valence-corrected chi connectivity index (χ0v) is 7.05. The van der Waals surface area contributed by atoms with Crippen LogP contribution in [0.5, 0.6) is 0 Å². The topological polar surface area (TPSA) is 60.4 Å². The monoisotopic (exact) mass is 130 g/mol. The predicted octanol–water partition coefficient (Wildman–Crippen LogP) is -4.49. The van der Waals surface area contributed by atoms with Crippen LogP contribution in [0.4, 0.5) is 0 Å². The number of aliphatic hydroxyl groups excluding tert-OH is 1. The normalized spacial score (nSPS) is 11.8. The molecule has 0 rings (SSSR count). The van der Waals surface area contributed by atoms with E-state index in [4.69, 9.17) is 5.11 Å². The van der Waals surface area contributed by atoms with Gasteiger partial charge in [-0.2, -0.15) is 0 Å². The van der Waals surface area contributed by atoms with Crippen molar-refractivity contribution in [2.24, 2.45) is 0 Å². The first-order chi connectivity index (χ1) is 3.13. The van der Waals surface area contributed by atoms with Gasteiger partial charge in [-0.25, -0.2) is 0 Å². The van der Waals surface area contributed by atoms with E-state index in [9.17, 15) is 9.90 Å². The van der Waals surface area contributed by atoms with Crippen LogP contribution in [0.1, 0.15) is 13.3 Å². The number of hydrogen-bond donors (Lipinski definition) is 1. The molecule has 1 unspecified atom stereocenters. The van der Waals surface area contributed by atoms with Crippen molar-refractivity contribution >= 4 is 5.97 Å². The Morgan fingerprint density at radius 2 is 2.25 bits per heavy atom. The van der Waals surface area contributed by atoms with Gasteiger partial charge in [-0.15, -0.1) is 0 Å². The van der Waals surface area contributed by atoms with Crippen LogP contribution in [0.3, 0.4) is 0 Å². The summed E-state index contributed by atoms with van der Waals surface area (Å²) in [4.78, 5) is 9.54. The molecule has 0 aromatic carbocycles. The summed E-state index contributed by atoms with van der Waals surface area (Å²) >= 11 is 0. The zero-order chi connectivity index (χ0) is 5.86. The van der Waals surface area contributed by atoms with E-state index in [1.165, 1.54) is 6.92 Å². The fraction of sp³-hybridized carbons (Fsp3) is 0.750. The average molecular weight is 130 g/mol. The molecule has 3 nitrogen and oxygen atoms in total. The molecule has 1 N–H and O–H groups in total. The van der Waals surface area contributed by atoms with E-state index >= 15 is 0 Å². The maximum atomic E-state index is 9.54. The Balaban J connectivity index is 0. The molecule has 0 aliphatic carbocycles. The SMILES string of the molecule is [13CH3][13CH](O)[13CH2][13C](=O)[O-].[Na+]. The van der Waals surface area contributed by atoms with Crippen molar-refractivity contribution in [3.05, 3.63) is 0 Å². The summed E-state index contributed by atoms with van der Waals surface area (Å²) in [5.41, 5.74) is 0. The smallest absolute Gasteiger partial charge is 0.550 e. The van der Waals surface area contributed by atoms with E-state index in [2.05, 4.69) is 0 Å². The third-order valence-electron chi connectivity index (χ3n) is 0.462. The molecule has 42 valence electrons. The van der Waals surface area contributed by atoms with E-state index in [0.29, 0.717) is 0 Å². The molecular weight excluding hydrogens is 123 g/mol. The maximum absolute atomic E-state index is 9.54. The Labute approximate surface area is 70.0 Å². The summed E-state index contributed by atoms with van der Waals surface area (Å²) in [6.45, 7) is 1.40. The van der Waals surface area contributed by atoms with Crippen molar-refractivity contribution in [3.63, 3.8) is 0 Å². The number of carbonyl (C=O) groups excluding carboxylic acids is 1. The molecule has 0 aromatic heterocycles. The quantitative estimate of drug-likeness (QED) is 0.303. The summed E-state index contributed by atoms with van der Waals surface area (Å²) < 4.78 is 0. The summed E-state index contributed by atoms with van der Waals surface area (Å²) in [6, 6.07) is 0. The average Bonchev–Trinajstić information content (AvgIpc) is 1.27. The standard InChI is InChI=1S/C4H8O3.Na/c1-3(5)2-4(6)7;/h3,5H,2H2,1H3,(H,6,7);/q;+1/p-1/i1+1,2+1,3+1,4+1;. The Bertz CT molecular complexity index is 71.7. The maximum Gasteiger partial charge on any atom is 1.00 e. The first kappa shape index (κ1) is 11.3. The minimum atomic E-state index is -1.21. The largest absolute Gasteiger partial charge is 1.00 e. The van der Waals surface area contributed by atoms with Gasteiger partial charge in [-0.1, -0.05) is 0 Å². The molecule has 0 aromatic rings. The molecule has 0 fully saturated rings. The van der Waals surface area contributed by atoms with Gasteiger partial charge in [0.25, 0.3) is 0 Å². The van der Waals surface area contributed by atoms with E-state index in [1.807, 2.05) is 0 Å². The molecule has 0 saturated heterocycles. The molecule has 0 aliphatic heterocycles. The summed E-state index contributed by atoms with van der Waals surface area (Å²) in [7, 11) is 0. The van der Waals surface area contributed by atoms with Crippen LogP contribution in [-0.4, -0.2) is 17.2 Å². The fourth-order valence-electron chi connectivity index (χ4n) is 0.241. The second kappa shape index (κ2) is 5.56. The van der Waals surface area contributed by atoms with Crippen LogP contribution in [0.2, 0.25) is 0 Å². The van der Waals surface area contributed by atoms with Crippen LogP contribution in [-0.2, 0) is 4.79 Å². The minimum absolute atomic E-state index is 0. The minimum Gasteiger partial charge on any atom is -0.550 e. The van der Waals surface area contributed by atoms with Crippen molar-refractivity contribution in [2.75, 3.05) is 0 Å². The molecule has 0 heterocycles. The molecule has 0 bridgehead atoms. The molecule has 0 radical (unpaired) electrons. The van der Waals surface area contributed by atoms with Gasteiger partial charge >= 0.3 is 29.6 Å². The zero-order valence-electron chi connectivity index (χ0n) is 5.05. The molecule has 0 saturated carbocycles. The van der Waals surface area contributed by atoms with Crippen molar-refractivity contribution in [3.8, 4) is 0 Å². The molecule has 0 amide bonds. The van der Waals surface area contributed by atoms with Crippen LogP contribution in [0.15, 0.2) is 0 Å². The van der Waals surface area contributed by atoms with Gasteiger partial charge in [-0.05, 0) is 6.92 Å². The summed E-state index contributed by atoms with van der Waals surface area (Å²) in [5.74, 6) is -1.21. The molecule has 0 spiro atoms. The third kappa shape index (κ3) is 9.66. The van der Waals surface area contributed by atoms with Crippen molar-refractivity contribution in [1.82, 2.24) is 0 Å². The van der Waals surface area contributed by atoms with Crippen LogP contribution in [0.25, 0.3) is 0 Å². The van der Waals surface area contributed by atoms with Gasteiger partial charge < -0.3 is 15.0 Å². The Morgan fingerprint density at radius 3 is 2.25 bits per heavy atom. The predicted molar refractivity (Wildman–Crippen MR) is 21.3 cm³/mol. The molecule has 8 heavy (non-hydrogen) atoms. The van der Waals surface area contributed by atoms with Gasteiger partial charge in [0.05, 0.1) is 6.10 Å². The van der Waals surface area contributed by atoms with Crippen LogP contribution >= 0.6 is 0 Å². The van der Waals surface area contributed by atoms with Crippen molar-refractivity contribution in [2.45, 2.75) is 19.4 Å². The summed E-state index contributed by atoms with van der Waals surface area (Å²) in [6.07, 6.45) is -1.06. The number of carbonyl (C=O) groups is 1. The van der Waals surface area contributed by atoms with Gasteiger partial charge in [0, 0.05) is 12.4 Å². The van der Waals surface area contributed by atoms with Gasteiger partial charge in [0.2, 0.25) is 0 Å². The number of carboxylic acids is 1. The Morgan fingerprint density at radius 1 is 1.88 bits per heavy atom. The molecule has 1 atom stereocenters. The second-order valence-corrected chi connectivity index (χ2v) is 1.43. The number of aliphatic carboxylic acids is 1. The third-order valence-corrected chi connectivity index (χ3v) is 0.462. The van der Waals surface area contributed by atoms with E-state index in [0.717, 1.165) is 0 Å². The van der Waals surface area contributed by atoms with Gasteiger partial charge in [-0.3, -0.25) is 0 Å². The summed E-state index contributed by atoms with van der Waals surface area (Å²) in [5, 5.41) is 17.8. The van der Waals surface area contributed by atoms with E-state index in [-0.39, 0.29) is 36.0 Å². The number of hydrogen-bond acceptors (Lipinski definition) is 3. The van der Waals surface area contributed by atoms with Gasteiger partial charge in [0.1, 0.15) is 0 Å². The van der Waals surface area contributed by atoms with Crippen molar-refractivity contribution < 1.29 is 44.6 Å². The first-order valence-corrected chi connectivity index (χ1v) is 2.01. The number of carboxylic acid groups (broad SMARTS) is 1. The molecule has 4 heteroatoms. The second-order valence-electron chi connectivity index (χ2n) is 1.43. The number of rotatable bonds is 2. The molecule has 0 aliphatic rings. The number of aliphatic hydroxyl groups is 1. The van der Waals surface area contributed by atoms with E-state index in [1.54, 1.807) is 0 Å². The fourth-order valence-corrected chi connectivity index (χ4v) is 0.241. The van der Waals surface area contributed by atoms with Crippen molar-refractivity contribution in [1.29, 1.82) is 0 Å². The van der Waals surface area contributed by atoms with Crippen LogP contribution in [0, 0.1) is 0 Å². The Kier molecular flexibility index (Phi) is 7.83. The van der Waals surface area contributed by atoms with Gasteiger partial charge in [0.15, 0.2) is 0 Å². The van der Waals surface area contributed by atoms with E-state index < -0.39 is 12.1 Å². The molecular formula is C4H7NaO3. The first-order valence-electron chi connectivity index (χ1n) is 2.01.